The monoisotopic (exact) mass is 347 g/mol. The second-order valence-corrected chi connectivity index (χ2v) is 6.42. The van der Waals surface area contributed by atoms with Crippen LogP contribution in [0.3, 0.4) is 0 Å². The number of rotatable bonds is 4. The maximum Gasteiger partial charge on any atom is 0.269 e. The summed E-state index contributed by atoms with van der Waals surface area (Å²) in [5.74, 6) is 0.0176. The number of hydrogen-bond donors (Lipinski definition) is 2. The molecule has 1 heterocycles. The number of phenols is 1. The molecule has 0 spiro atoms. The van der Waals surface area contributed by atoms with E-state index >= 15 is 0 Å². The zero-order chi connectivity index (χ0) is 18.7. The number of aliphatic imine (C=N–C) groups is 1. The normalized spacial score (nSPS) is 13.7. The number of hydrogen-bond acceptors (Lipinski definition) is 4. The summed E-state index contributed by atoms with van der Waals surface area (Å²) in [4.78, 5) is 16.7. The van der Waals surface area contributed by atoms with Gasteiger partial charge in [-0.25, -0.2) is 5.43 Å². The number of nitrogens with one attached hydrogen (secondary N) is 1. The van der Waals surface area contributed by atoms with Crippen molar-refractivity contribution >= 4 is 17.8 Å². The molecule has 5 nitrogen and oxygen atoms in total. The van der Waals surface area contributed by atoms with Crippen molar-refractivity contribution in [2.45, 2.75) is 27.2 Å². The highest BCUT2D eigenvalue weighted by Gasteiger charge is 2.18. The van der Waals surface area contributed by atoms with Gasteiger partial charge in [-0.2, -0.15) is 5.10 Å². The van der Waals surface area contributed by atoms with Gasteiger partial charge in [0, 0.05) is 18.2 Å². The van der Waals surface area contributed by atoms with Gasteiger partial charge >= 0.3 is 0 Å². The van der Waals surface area contributed by atoms with E-state index in [2.05, 4.69) is 15.5 Å². The molecule has 1 aliphatic heterocycles. The van der Waals surface area contributed by atoms with E-state index in [0.29, 0.717) is 12.0 Å². The average Bonchev–Trinajstić information content (AvgIpc) is 3.10. The summed E-state index contributed by atoms with van der Waals surface area (Å²) in [6.45, 7) is 5.68. The highest BCUT2D eigenvalue weighted by Crippen LogP contribution is 2.22. The lowest BCUT2D eigenvalue weighted by Crippen LogP contribution is -2.20. The standard InChI is InChI=1S/C21H21N3O2/c1-13-6-4-5-7-18(13)19-10-17(12-22-19)21(26)24-23-11-16-8-14(2)20(25)15(3)9-16/h4-9,11-12,25H,10H2,1-3H3,(H,24,26)/b23-11+. The van der Waals surface area contributed by atoms with Crippen LogP contribution in [-0.4, -0.2) is 22.9 Å². The molecule has 26 heavy (non-hydrogen) atoms. The number of phenolic OH excluding ortho intramolecular Hbond substituents is 1. The Balaban J connectivity index is 1.61. The van der Waals surface area contributed by atoms with Crippen molar-refractivity contribution in [1.82, 2.24) is 5.43 Å². The van der Waals surface area contributed by atoms with Gasteiger partial charge in [-0.05, 0) is 60.7 Å². The Labute approximate surface area is 152 Å². The molecular weight excluding hydrogens is 326 g/mol. The predicted octanol–water partition coefficient (Wildman–Crippen LogP) is 3.54. The number of benzene rings is 2. The zero-order valence-electron chi connectivity index (χ0n) is 15.1. The largest absolute Gasteiger partial charge is 0.507 e. The SMILES string of the molecule is Cc1ccccc1C1=NC=C(C(=O)N/N=C/c2cc(C)c(O)c(C)c2)C1. The fourth-order valence-corrected chi connectivity index (χ4v) is 2.93. The number of amides is 1. The van der Waals surface area contributed by atoms with Gasteiger partial charge in [0.25, 0.3) is 5.91 Å². The van der Waals surface area contributed by atoms with Crippen molar-refractivity contribution in [3.63, 3.8) is 0 Å². The Bertz CT molecular complexity index is 932. The van der Waals surface area contributed by atoms with Gasteiger partial charge in [0.15, 0.2) is 0 Å². The highest BCUT2D eigenvalue weighted by atomic mass is 16.3. The van der Waals surface area contributed by atoms with Gasteiger partial charge in [0.05, 0.1) is 11.9 Å². The van der Waals surface area contributed by atoms with E-state index in [0.717, 1.165) is 33.5 Å². The lowest BCUT2D eigenvalue weighted by atomic mass is 10.0. The maximum absolute atomic E-state index is 12.3. The molecule has 0 unspecified atom stereocenters. The molecule has 1 amide bonds. The fourth-order valence-electron chi connectivity index (χ4n) is 2.93. The molecular formula is C21H21N3O2. The number of nitrogens with zero attached hydrogens (tertiary/aromatic N) is 2. The average molecular weight is 347 g/mol. The van der Waals surface area contributed by atoms with Crippen LogP contribution in [-0.2, 0) is 4.79 Å². The third-order valence-electron chi connectivity index (χ3n) is 4.37. The molecule has 0 fully saturated rings. The number of carbonyl (C=O) groups excluding carboxylic acids is 1. The van der Waals surface area contributed by atoms with Crippen LogP contribution in [0.25, 0.3) is 0 Å². The Kier molecular flexibility index (Phi) is 4.98. The van der Waals surface area contributed by atoms with Crippen LogP contribution in [0.2, 0.25) is 0 Å². The van der Waals surface area contributed by atoms with Gasteiger partial charge < -0.3 is 5.11 Å². The zero-order valence-corrected chi connectivity index (χ0v) is 15.1. The minimum Gasteiger partial charge on any atom is -0.507 e. The molecule has 2 aromatic rings. The van der Waals surface area contributed by atoms with Crippen molar-refractivity contribution in [3.05, 3.63) is 76.0 Å². The topological polar surface area (TPSA) is 74.0 Å². The quantitative estimate of drug-likeness (QED) is 0.656. The molecule has 0 atom stereocenters. The summed E-state index contributed by atoms with van der Waals surface area (Å²) in [5.41, 5.74) is 8.57. The molecule has 3 rings (SSSR count). The van der Waals surface area contributed by atoms with E-state index in [-0.39, 0.29) is 11.7 Å². The lowest BCUT2D eigenvalue weighted by molar-refractivity contribution is -0.117. The smallest absolute Gasteiger partial charge is 0.269 e. The minimum atomic E-state index is -0.263. The second kappa shape index (κ2) is 7.35. The molecule has 2 N–H and O–H groups in total. The van der Waals surface area contributed by atoms with Crippen molar-refractivity contribution in [2.75, 3.05) is 0 Å². The Hall–Kier alpha value is -3.21. The molecule has 1 aliphatic rings. The van der Waals surface area contributed by atoms with Crippen LogP contribution in [0.4, 0.5) is 0 Å². The second-order valence-electron chi connectivity index (χ2n) is 6.42. The lowest BCUT2D eigenvalue weighted by Gasteiger charge is -2.06. The van der Waals surface area contributed by atoms with E-state index in [9.17, 15) is 9.90 Å². The number of aryl methyl sites for hydroxylation is 3. The van der Waals surface area contributed by atoms with E-state index in [4.69, 9.17) is 0 Å². The first kappa shape index (κ1) is 17.6. The molecule has 0 aliphatic carbocycles. The predicted molar refractivity (Wildman–Crippen MR) is 104 cm³/mol. The Morgan fingerprint density at radius 3 is 2.54 bits per heavy atom. The first-order valence-corrected chi connectivity index (χ1v) is 8.41. The van der Waals surface area contributed by atoms with E-state index in [1.807, 2.05) is 57.2 Å². The molecule has 0 bridgehead atoms. The van der Waals surface area contributed by atoms with Gasteiger partial charge in [-0.1, -0.05) is 24.3 Å². The third-order valence-corrected chi connectivity index (χ3v) is 4.37. The maximum atomic E-state index is 12.3. The number of aromatic hydroxyl groups is 1. The van der Waals surface area contributed by atoms with Crippen LogP contribution >= 0.6 is 0 Å². The van der Waals surface area contributed by atoms with Crippen molar-refractivity contribution < 1.29 is 9.90 Å². The third kappa shape index (κ3) is 3.72. The van der Waals surface area contributed by atoms with Crippen LogP contribution < -0.4 is 5.43 Å². The molecule has 0 saturated heterocycles. The van der Waals surface area contributed by atoms with Crippen molar-refractivity contribution in [1.29, 1.82) is 0 Å². The summed E-state index contributed by atoms with van der Waals surface area (Å²) in [7, 11) is 0. The molecule has 2 aromatic carbocycles. The van der Waals surface area contributed by atoms with Gasteiger partial charge in [-0.3, -0.25) is 9.79 Å². The Morgan fingerprint density at radius 2 is 1.85 bits per heavy atom. The minimum absolute atomic E-state index is 0.263. The van der Waals surface area contributed by atoms with Crippen LogP contribution in [0.5, 0.6) is 5.75 Å². The fraction of sp³-hybridized carbons (Fsp3) is 0.190. The van der Waals surface area contributed by atoms with Crippen LogP contribution in [0.15, 0.2) is 58.3 Å². The van der Waals surface area contributed by atoms with E-state index < -0.39 is 0 Å². The molecule has 0 saturated carbocycles. The summed E-state index contributed by atoms with van der Waals surface area (Å²) in [6, 6.07) is 11.6. The summed E-state index contributed by atoms with van der Waals surface area (Å²) >= 11 is 0. The van der Waals surface area contributed by atoms with E-state index in [1.54, 1.807) is 12.4 Å². The van der Waals surface area contributed by atoms with Crippen molar-refractivity contribution in [3.8, 4) is 5.75 Å². The first-order chi connectivity index (χ1) is 12.5. The summed E-state index contributed by atoms with van der Waals surface area (Å²) in [5, 5.41) is 13.8. The van der Waals surface area contributed by atoms with Crippen LogP contribution in [0, 0.1) is 20.8 Å². The Morgan fingerprint density at radius 1 is 1.15 bits per heavy atom. The van der Waals surface area contributed by atoms with Gasteiger partial charge in [0.1, 0.15) is 5.75 Å². The number of carbonyl (C=O) groups is 1. The van der Waals surface area contributed by atoms with Crippen molar-refractivity contribution in [2.24, 2.45) is 10.1 Å². The molecule has 0 radical (unpaired) electrons. The number of hydrazone groups is 1. The molecule has 5 heteroatoms. The van der Waals surface area contributed by atoms with Gasteiger partial charge in [-0.15, -0.1) is 0 Å². The van der Waals surface area contributed by atoms with Crippen LogP contribution in [0.1, 0.15) is 34.2 Å². The first-order valence-electron chi connectivity index (χ1n) is 8.41. The molecule has 132 valence electrons. The summed E-state index contributed by atoms with van der Waals surface area (Å²) in [6.07, 6.45) is 3.65. The summed E-state index contributed by atoms with van der Waals surface area (Å²) < 4.78 is 0. The van der Waals surface area contributed by atoms with Gasteiger partial charge in [0.2, 0.25) is 0 Å². The highest BCUT2D eigenvalue weighted by molar-refractivity contribution is 6.10. The molecule has 0 aromatic heterocycles. The van der Waals surface area contributed by atoms with E-state index in [1.165, 1.54) is 0 Å².